The van der Waals surface area contributed by atoms with Gasteiger partial charge in [0.15, 0.2) is 17.3 Å². The van der Waals surface area contributed by atoms with Crippen molar-refractivity contribution >= 4 is 22.9 Å². The highest BCUT2D eigenvalue weighted by Gasteiger charge is 2.30. The highest BCUT2D eigenvalue weighted by molar-refractivity contribution is 6.04. The van der Waals surface area contributed by atoms with Crippen LogP contribution >= 0.6 is 0 Å². The van der Waals surface area contributed by atoms with E-state index in [0.717, 1.165) is 11.0 Å². The van der Waals surface area contributed by atoms with E-state index in [4.69, 9.17) is 9.15 Å². The molecule has 4 aromatic rings. The van der Waals surface area contributed by atoms with Crippen LogP contribution in [0.25, 0.3) is 11.0 Å². The number of anilines is 1. The minimum absolute atomic E-state index is 0.0345. The van der Waals surface area contributed by atoms with Gasteiger partial charge >= 0.3 is 0 Å². The smallest absolute Gasteiger partial charge is 0.296 e. The molecule has 140 valence electrons. The lowest BCUT2D eigenvalue weighted by atomic mass is 10.3. The first kappa shape index (κ1) is 16.6. The Hall–Kier alpha value is -3.61. The van der Waals surface area contributed by atoms with Crippen molar-refractivity contribution < 1.29 is 18.3 Å². The first-order valence-electron chi connectivity index (χ1n) is 8.94. The summed E-state index contributed by atoms with van der Waals surface area (Å²) in [6, 6.07) is 17.2. The lowest BCUT2D eigenvalue weighted by Crippen LogP contribution is -2.29. The number of nitrogens with zero attached hydrogens (tertiary/aromatic N) is 3. The number of benzene rings is 2. The summed E-state index contributed by atoms with van der Waals surface area (Å²) in [6.07, 6.45) is 0. The van der Waals surface area contributed by atoms with E-state index in [2.05, 4.69) is 4.98 Å². The van der Waals surface area contributed by atoms with Crippen LogP contribution in [0.2, 0.25) is 0 Å². The number of furan rings is 1. The fraction of sp³-hybridized carbons (Fsp3) is 0.143. The van der Waals surface area contributed by atoms with Gasteiger partial charge in [0, 0.05) is 13.1 Å². The number of amides is 1. The molecule has 1 aliphatic rings. The number of ether oxygens (including phenoxy) is 1. The predicted octanol–water partition coefficient (Wildman–Crippen LogP) is 4.01. The monoisotopic (exact) mass is 377 g/mol. The van der Waals surface area contributed by atoms with Crippen molar-refractivity contribution in [3.63, 3.8) is 0 Å². The van der Waals surface area contributed by atoms with E-state index in [0.29, 0.717) is 24.8 Å². The second kappa shape index (κ2) is 6.53. The normalized spacial score (nSPS) is 13.1. The van der Waals surface area contributed by atoms with Crippen LogP contribution in [-0.4, -0.2) is 22.0 Å². The molecule has 2 aromatic carbocycles. The molecular formula is C21H16FN3O3. The minimum Gasteiger partial charge on any atom is -0.483 e. The van der Waals surface area contributed by atoms with E-state index in [1.165, 1.54) is 6.07 Å². The molecule has 0 bridgehead atoms. The maximum Gasteiger partial charge on any atom is 0.296 e. The van der Waals surface area contributed by atoms with Crippen LogP contribution in [0.5, 0.6) is 5.75 Å². The van der Waals surface area contributed by atoms with Crippen molar-refractivity contribution in [3.05, 3.63) is 78.0 Å². The molecule has 0 atom stereocenters. The standard InChI is InChI=1S/C21H16FN3O3/c22-15-5-1-4-8-18(15)27-13-14-9-10-19(28-14)20(26)25-12-11-24-17-7-3-2-6-16(17)23-21(24)25/h1-10H,11-13H2. The molecule has 0 saturated heterocycles. The van der Waals surface area contributed by atoms with E-state index in [9.17, 15) is 9.18 Å². The van der Waals surface area contributed by atoms with Crippen molar-refractivity contribution in [1.29, 1.82) is 0 Å². The molecule has 5 rings (SSSR count). The summed E-state index contributed by atoms with van der Waals surface area (Å²) in [5.41, 5.74) is 1.86. The molecule has 7 heteroatoms. The summed E-state index contributed by atoms with van der Waals surface area (Å²) in [5, 5.41) is 0. The molecule has 0 unspecified atom stereocenters. The van der Waals surface area contributed by atoms with Crippen LogP contribution in [0, 0.1) is 5.82 Å². The Bertz CT molecular complexity index is 1180. The van der Waals surface area contributed by atoms with E-state index < -0.39 is 5.82 Å². The Morgan fingerprint density at radius 2 is 1.89 bits per heavy atom. The number of halogens is 1. The Labute approximate surface area is 159 Å². The number of imidazole rings is 1. The molecule has 6 nitrogen and oxygen atoms in total. The van der Waals surface area contributed by atoms with Crippen molar-refractivity contribution in [3.8, 4) is 5.75 Å². The fourth-order valence-electron chi connectivity index (χ4n) is 3.40. The average molecular weight is 377 g/mol. The third-order valence-corrected chi connectivity index (χ3v) is 4.75. The van der Waals surface area contributed by atoms with Crippen LogP contribution in [0.15, 0.2) is 65.1 Å². The fourth-order valence-corrected chi connectivity index (χ4v) is 3.40. The quantitative estimate of drug-likeness (QED) is 0.539. The number of para-hydroxylation sites is 3. The molecule has 0 aliphatic carbocycles. The van der Waals surface area contributed by atoms with Gasteiger partial charge in [0.1, 0.15) is 12.4 Å². The summed E-state index contributed by atoms with van der Waals surface area (Å²) >= 11 is 0. The second-order valence-electron chi connectivity index (χ2n) is 6.49. The molecule has 0 spiro atoms. The van der Waals surface area contributed by atoms with Gasteiger partial charge in [0.2, 0.25) is 5.95 Å². The van der Waals surface area contributed by atoms with Crippen LogP contribution < -0.4 is 9.64 Å². The molecule has 3 heterocycles. The van der Waals surface area contributed by atoms with Crippen LogP contribution in [0.4, 0.5) is 10.3 Å². The summed E-state index contributed by atoms with van der Waals surface area (Å²) in [7, 11) is 0. The third-order valence-electron chi connectivity index (χ3n) is 4.75. The van der Waals surface area contributed by atoms with E-state index in [1.807, 2.05) is 28.8 Å². The summed E-state index contributed by atoms with van der Waals surface area (Å²) < 4.78 is 26.7. The van der Waals surface area contributed by atoms with Gasteiger partial charge < -0.3 is 13.7 Å². The lowest BCUT2D eigenvalue weighted by molar-refractivity contribution is 0.0958. The largest absolute Gasteiger partial charge is 0.483 e. The number of hydrogen-bond donors (Lipinski definition) is 0. The molecule has 2 aromatic heterocycles. The zero-order valence-corrected chi connectivity index (χ0v) is 14.8. The number of rotatable bonds is 4. The van der Waals surface area contributed by atoms with Gasteiger partial charge in [0.25, 0.3) is 5.91 Å². The van der Waals surface area contributed by atoms with Gasteiger partial charge in [0.05, 0.1) is 11.0 Å². The SMILES string of the molecule is O=C(c1ccc(COc2ccccc2F)o1)N1CCn2c1nc1ccccc12. The zero-order valence-electron chi connectivity index (χ0n) is 14.8. The number of carbonyl (C=O) groups is 1. The number of aromatic nitrogens is 2. The number of carbonyl (C=O) groups excluding carboxylic acids is 1. The molecule has 0 saturated carbocycles. The molecule has 0 N–H and O–H groups in total. The van der Waals surface area contributed by atoms with E-state index in [-0.39, 0.29) is 24.0 Å². The van der Waals surface area contributed by atoms with Crippen LogP contribution in [0.3, 0.4) is 0 Å². The van der Waals surface area contributed by atoms with Gasteiger partial charge in [-0.25, -0.2) is 9.37 Å². The first-order valence-corrected chi connectivity index (χ1v) is 8.94. The molecule has 0 radical (unpaired) electrons. The van der Waals surface area contributed by atoms with E-state index >= 15 is 0 Å². The third kappa shape index (κ3) is 2.72. The van der Waals surface area contributed by atoms with Gasteiger partial charge in [-0.2, -0.15) is 0 Å². The molecule has 1 amide bonds. The van der Waals surface area contributed by atoms with Gasteiger partial charge in [-0.15, -0.1) is 0 Å². The van der Waals surface area contributed by atoms with Gasteiger partial charge in [-0.3, -0.25) is 9.69 Å². The van der Waals surface area contributed by atoms with Crippen LogP contribution in [0.1, 0.15) is 16.3 Å². The van der Waals surface area contributed by atoms with Crippen molar-refractivity contribution in [2.24, 2.45) is 0 Å². The van der Waals surface area contributed by atoms with Crippen molar-refractivity contribution in [2.75, 3.05) is 11.4 Å². The highest BCUT2D eigenvalue weighted by atomic mass is 19.1. The molecular weight excluding hydrogens is 361 g/mol. The van der Waals surface area contributed by atoms with E-state index in [1.54, 1.807) is 35.2 Å². The zero-order chi connectivity index (χ0) is 19.1. The lowest BCUT2D eigenvalue weighted by Gasteiger charge is -2.11. The van der Waals surface area contributed by atoms with Crippen molar-refractivity contribution in [2.45, 2.75) is 13.2 Å². The molecule has 28 heavy (non-hydrogen) atoms. The maximum absolute atomic E-state index is 13.6. The molecule has 1 aliphatic heterocycles. The first-order chi connectivity index (χ1) is 13.7. The average Bonchev–Trinajstić information content (AvgIpc) is 3.42. The highest BCUT2D eigenvalue weighted by Crippen LogP contribution is 2.28. The Kier molecular flexibility index (Phi) is 3.86. The summed E-state index contributed by atoms with van der Waals surface area (Å²) in [4.78, 5) is 19.1. The van der Waals surface area contributed by atoms with Gasteiger partial charge in [-0.1, -0.05) is 24.3 Å². The number of fused-ring (bicyclic) bond motifs is 3. The Balaban J connectivity index is 1.34. The Morgan fingerprint density at radius 1 is 1.07 bits per heavy atom. The van der Waals surface area contributed by atoms with Gasteiger partial charge in [-0.05, 0) is 36.4 Å². The topological polar surface area (TPSA) is 60.5 Å². The predicted molar refractivity (Wildman–Crippen MR) is 101 cm³/mol. The van der Waals surface area contributed by atoms with Crippen molar-refractivity contribution in [1.82, 2.24) is 9.55 Å². The minimum atomic E-state index is -0.443. The van der Waals surface area contributed by atoms with Crippen LogP contribution in [-0.2, 0) is 13.2 Å². The second-order valence-corrected chi connectivity index (χ2v) is 6.49. The Morgan fingerprint density at radius 3 is 2.79 bits per heavy atom. The number of hydrogen-bond acceptors (Lipinski definition) is 4. The summed E-state index contributed by atoms with van der Waals surface area (Å²) in [6.45, 7) is 1.26. The summed E-state index contributed by atoms with van der Waals surface area (Å²) in [5.74, 6) is 0.700. The molecule has 0 fully saturated rings. The maximum atomic E-state index is 13.6.